The Labute approximate surface area is 201 Å². The first-order chi connectivity index (χ1) is 15.0. The van der Waals surface area contributed by atoms with E-state index in [2.05, 4.69) is 5.32 Å². The topological polar surface area (TPSA) is 112 Å². The van der Waals surface area contributed by atoms with Crippen LogP contribution in [-0.2, 0) is 4.79 Å². The number of rotatable bonds is 7. The molecule has 2 aromatic carbocycles. The third-order valence-corrected chi connectivity index (χ3v) is 5.69. The lowest BCUT2D eigenvalue weighted by Gasteiger charge is -2.27. The minimum atomic E-state index is -2.04. The highest BCUT2D eigenvalue weighted by Gasteiger charge is 2.37. The van der Waals surface area contributed by atoms with Crippen molar-refractivity contribution in [1.82, 2.24) is 5.32 Å². The Hall–Kier alpha value is -2.33. The number of amides is 1. The van der Waals surface area contributed by atoms with Gasteiger partial charge in [-0.1, -0.05) is 72.1 Å². The van der Waals surface area contributed by atoms with Gasteiger partial charge in [0.2, 0.25) is 15.9 Å². The van der Waals surface area contributed by atoms with Crippen molar-refractivity contribution in [1.29, 1.82) is 0 Å². The van der Waals surface area contributed by atoms with Gasteiger partial charge in [0.1, 0.15) is 11.3 Å². The second-order valence-electron chi connectivity index (χ2n) is 7.23. The molecule has 1 N–H and O–H groups in total. The maximum absolute atomic E-state index is 12.3. The Morgan fingerprint density at radius 3 is 2.62 bits per heavy atom. The number of nitrogens with zero attached hydrogens (tertiary/aromatic N) is 1. The SMILES string of the molecule is CC(C)CC(=O)N[C@@H](Oc1ccc2oc(=O)sc2c1-c1cccc([N+](=O)[O-])c1)C(Cl)(Cl)Cl. The number of carbonyl (C=O) groups excluding carboxylic acids is 1. The minimum absolute atomic E-state index is 0.0611. The van der Waals surface area contributed by atoms with Crippen molar-refractivity contribution in [2.75, 3.05) is 0 Å². The van der Waals surface area contributed by atoms with Crippen LogP contribution < -0.4 is 15.0 Å². The van der Waals surface area contributed by atoms with Crippen LogP contribution in [0.5, 0.6) is 5.75 Å². The Kier molecular flexibility index (Phi) is 7.34. The van der Waals surface area contributed by atoms with Crippen molar-refractivity contribution >= 4 is 68.0 Å². The van der Waals surface area contributed by atoms with Gasteiger partial charge in [-0.25, -0.2) is 4.79 Å². The molecule has 1 heterocycles. The van der Waals surface area contributed by atoms with Crippen molar-refractivity contribution in [2.24, 2.45) is 5.92 Å². The zero-order valence-electron chi connectivity index (χ0n) is 16.8. The van der Waals surface area contributed by atoms with Gasteiger partial charge in [0.25, 0.3) is 5.69 Å². The minimum Gasteiger partial charge on any atom is -0.465 e. The maximum Gasteiger partial charge on any atom is 0.396 e. The Morgan fingerprint density at radius 1 is 1.28 bits per heavy atom. The number of nitrogens with one attached hydrogen (secondary N) is 1. The standard InChI is InChI=1S/C20H17Cl3N2O6S/c1-10(2)8-15(26)24-18(20(21,22)23)30-13-6-7-14-17(32-19(27)31-14)16(13)11-4-3-5-12(9-11)25(28)29/h3-7,9-10,18H,8H2,1-2H3,(H,24,26)/t18-/m0/s1. The summed E-state index contributed by atoms with van der Waals surface area (Å²) in [6, 6.07) is 8.74. The number of halogens is 3. The molecule has 1 amide bonds. The summed E-state index contributed by atoms with van der Waals surface area (Å²) >= 11 is 19.0. The Bertz CT molecular complexity index is 1220. The number of benzene rings is 2. The summed E-state index contributed by atoms with van der Waals surface area (Å²) in [6.45, 7) is 3.72. The average Bonchev–Trinajstić information content (AvgIpc) is 3.06. The third kappa shape index (κ3) is 5.72. The fraction of sp³-hybridized carbons (Fsp3) is 0.300. The molecule has 12 heteroatoms. The number of nitro groups is 1. The van der Waals surface area contributed by atoms with E-state index >= 15 is 0 Å². The first-order valence-corrected chi connectivity index (χ1v) is 11.2. The first kappa shape index (κ1) is 24.3. The van der Waals surface area contributed by atoms with E-state index in [1.54, 1.807) is 6.07 Å². The molecular weight excluding hydrogens is 503 g/mol. The number of hydrogen-bond acceptors (Lipinski definition) is 7. The monoisotopic (exact) mass is 518 g/mol. The lowest BCUT2D eigenvalue weighted by atomic mass is 10.0. The number of fused-ring (bicyclic) bond motifs is 1. The zero-order chi connectivity index (χ0) is 23.6. The van der Waals surface area contributed by atoms with Gasteiger partial charge in [0.05, 0.1) is 9.62 Å². The number of non-ortho nitro benzene ring substituents is 1. The molecule has 0 bridgehead atoms. The molecule has 0 aliphatic heterocycles. The number of carbonyl (C=O) groups is 1. The van der Waals surface area contributed by atoms with Crippen LogP contribution in [0.25, 0.3) is 21.4 Å². The molecule has 0 saturated heterocycles. The maximum atomic E-state index is 12.3. The van der Waals surface area contributed by atoms with E-state index in [9.17, 15) is 19.7 Å². The molecule has 0 spiro atoms. The summed E-state index contributed by atoms with van der Waals surface area (Å²) < 4.78 is 9.43. The molecule has 3 rings (SSSR count). The van der Waals surface area contributed by atoms with Crippen LogP contribution >= 0.6 is 46.1 Å². The second-order valence-corrected chi connectivity index (χ2v) is 10.5. The molecule has 0 saturated carbocycles. The van der Waals surface area contributed by atoms with Gasteiger partial charge in [-0.2, -0.15) is 0 Å². The van der Waals surface area contributed by atoms with Crippen molar-refractivity contribution in [3.63, 3.8) is 0 Å². The molecule has 0 unspecified atom stereocenters. The van der Waals surface area contributed by atoms with Crippen LogP contribution in [-0.4, -0.2) is 20.9 Å². The quantitative estimate of drug-likeness (QED) is 0.186. The molecule has 0 aliphatic rings. The fourth-order valence-corrected chi connectivity index (χ4v) is 4.07. The van der Waals surface area contributed by atoms with E-state index in [0.717, 1.165) is 11.3 Å². The Morgan fingerprint density at radius 2 is 2.00 bits per heavy atom. The van der Waals surface area contributed by atoms with Crippen LogP contribution in [0.2, 0.25) is 0 Å². The van der Waals surface area contributed by atoms with Crippen LogP contribution in [0.15, 0.2) is 45.6 Å². The van der Waals surface area contributed by atoms with E-state index < -0.39 is 19.9 Å². The van der Waals surface area contributed by atoms with Crippen molar-refractivity contribution in [3.05, 3.63) is 56.2 Å². The number of alkyl halides is 3. The molecule has 8 nitrogen and oxygen atoms in total. The van der Waals surface area contributed by atoms with Gasteiger partial charge in [-0.3, -0.25) is 14.9 Å². The van der Waals surface area contributed by atoms with E-state index in [4.69, 9.17) is 44.0 Å². The van der Waals surface area contributed by atoms with Gasteiger partial charge in [-0.15, -0.1) is 0 Å². The lowest BCUT2D eigenvalue weighted by molar-refractivity contribution is -0.384. The normalized spacial score (nSPS) is 12.7. The predicted octanol–water partition coefficient (Wildman–Crippen LogP) is 5.67. The molecule has 170 valence electrons. The van der Waals surface area contributed by atoms with E-state index in [1.807, 2.05) is 13.8 Å². The predicted molar refractivity (Wildman–Crippen MR) is 125 cm³/mol. The van der Waals surface area contributed by atoms with Gasteiger partial charge in [-0.05, 0) is 23.6 Å². The Balaban J connectivity index is 2.12. The molecular formula is C20H17Cl3N2O6S. The largest absolute Gasteiger partial charge is 0.465 e. The molecule has 3 aromatic rings. The van der Waals surface area contributed by atoms with Crippen molar-refractivity contribution < 1.29 is 18.9 Å². The molecule has 1 atom stereocenters. The van der Waals surface area contributed by atoms with Gasteiger partial charge >= 0.3 is 4.94 Å². The average molecular weight is 520 g/mol. The zero-order valence-corrected chi connectivity index (χ0v) is 19.8. The first-order valence-electron chi connectivity index (χ1n) is 9.30. The molecule has 0 aliphatic carbocycles. The highest BCUT2D eigenvalue weighted by Crippen LogP contribution is 2.42. The van der Waals surface area contributed by atoms with E-state index in [-0.39, 0.29) is 35.3 Å². The van der Waals surface area contributed by atoms with Crippen molar-refractivity contribution in [2.45, 2.75) is 30.3 Å². The number of hydrogen-bond donors (Lipinski definition) is 1. The van der Waals surface area contributed by atoms with Crippen molar-refractivity contribution in [3.8, 4) is 16.9 Å². The van der Waals surface area contributed by atoms with Crippen LogP contribution in [0.4, 0.5) is 5.69 Å². The molecule has 0 radical (unpaired) electrons. The fourth-order valence-electron chi connectivity index (χ4n) is 2.95. The van der Waals surface area contributed by atoms with Gasteiger partial charge in [0, 0.05) is 24.1 Å². The summed E-state index contributed by atoms with van der Waals surface area (Å²) in [4.78, 5) is 34.3. The summed E-state index contributed by atoms with van der Waals surface area (Å²) in [6.07, 6.45) is -1.20. The smallest absolute Gasteiger partial charge is 0.396 e. The summed E-state index contributed by atoms with van der Waals surface area (Å²) in [5, 5.41) is 13.8. The summed E-state index contributed by atoms with van der Waals surface area (Å²) in [5.74, 6) is -0.190. The van der Waals surface area contributed by atoms with Crippen LogP contribution in [0.1, 0.15) is 20.3 Å². The molecule has 1 aromatic heterocycles. The van der Waals surface area contributed by atoms with Gasteiger partial charge in [0.15, 0.2) is 0 Å². The molecule has 32 heavy (non-hydrogen) atoms. The summed E-state index contributed by atoms with van der Waals surface area (Å²) in [5.41, 5.74) is 0.820. The summed E-state index contributed by atoms with van der Waals surface area (Å²) in [7, 11) is 0. The number of nitro benzene ring substituents is 1. The highest BCUT2D eigenvalue weighted by atomic mass is 35.6. The van der Waals surface area contributed by atoms with Crippen LogP contribution in [0.3, 0.4) is 0 Å². The van der Waals surface area contributed by atoms with E-state index in [1.165, 1.54) is 30.3 Å². The molecule has 0 fully saturated rings. The lowest BCUT2D eigenvalue weighted by Crippen LogP contribution is -2.48. The number of ether oxygens (including phenoxy) is 1. The van der Waals surface area contributed by atoms with Gasteiger partial charge < -0.3 is 14.5 Å². The second kappa shape index (κ2) is 9.66. The van der Waals surface area contributed by atoms with Crippen LogP contribution in [0, 0.1) is 16.0 Å². The highest BCUT2D eigenvalue weighted by molar-refractivity contribution is 7.16. The van der Waals surface area contributed by atoms with E-state index in [0.29, 0.717) is 15.8 Å². The third-order valence-electron chi connectivity index (χ3n) is 4.24.